The van der Waals surface area contributed by atoms with Gasteiger partial charge in [0.25, 0.3) is 0 Å². The summed E-state index contributed by atoms with van der Waals surface area (Å²) in [5.74, 6) is -0.00507. The Morgan fingerprint density at radius 2 is 1.18 bits per heavy atom. The second-order valence-corrected chi connectivity index (χ2v) is 10.2. The molecule has 33 heavy (non-hydrogen) atoms. The van der Waals surface area contributed by atoms with Crippen LogP contribution in [0.1, 0.15) is 69.2 Å². The Hall–Kier alpha value is -2.89. The number of carbonyl (C=O) groups excluding carboxylic acids is 3. The molecule has 1 unspecified atom stereocenters. The quantitative estimate of drug-likeness (QED) is 0.273. The molecule has 0 aromatic rings. The molecule has 0 fully saturated rings. The van der Waals surface area contributed by atoms with E-state index in [0.717, 1.165) is 0 Å². The number of amidine groups is 1. The molecule has 0 rings (SSSR count). The van der Waals surface area contributed by atoms with Crippen molar-refractivity contribution in [3.63, 3.8) is 0 Å². The Bertz CT molecular complexity index is 744. The molecular formula is C21H39N5O7. The summed E-state index contributed by atoms with van der Waals surface area (Å²) in [4.78, 5) is 43.2. The molecule has 0 aliphatic heterocycles. The van der Waals surface area contributed by atoms with Crippen LogP contribution >= 0.6 is 0 Å². The number of alkyl carbamates (subject to hydrolysis) is 1. The Morgan fingerprint density at radius 3 is 1.64 bits per heavy atom. The standard InChI is InChI=1S/C21H39N5O7/c1-13(24-16(28)31-19(2,3)4)22-11-14(27)12-23-15(25-17(29)32-20(5,6)7)26-18(30)33-21(8,9)10/h14,27H,11-12H2,1-10H3,(H,22,24,28)(H2,23,25,26,29,30). The van der Waals surface area contributed by atoms with Crippen LogP contribution in [0, 0.1) is 0 Å². The van der Waals surface area contributed by atoms with E-state index in [1.807, 2.05) is 0 Å². The van der Waals surface area contributed by atoms with Gasteiger partial charge in [0.2, 0.25) is 5.96 Å². The summed E-state index contributed by atoms with van der Waals surface area (Å²) in [7, 11) is 0. The third-order valence-corrected chi connectivity index (χ3v) is 2.97. The fourth-order valence-corrected chi connectivity index (χ4v) is 1.90. The first-order valence-electron chi connectivity index (χ1n) is 10.5. The minimum Gasteiger partial charge on any atom is -0.444 e. The van der Waals surface area contributed by atoms with Crippen LogP contribution in [-0.2, 0) is 14.2 Å². The van der Waals surface area contributed by atoms with Crippen molar-refractivity contribution in [2.75, 3.05) is 13.1 Å². The summed E-state index contributed by atoms with van der Waals surface area (Å²) < 4.78 is 15.3. The molecule has 0 aromatic heterocycles. The van der Waals surface area contributed by atoms with E-state index in [1.54, 1.807) is 69.2 Å². The van der Waals surface area contributed by atoms with Crippen LogP contribution < -0.4 is 16.0 Å². The van der Waals surface area contributed by atoms with Gasteiger partial charge in [-0.2, -0.15) is 4.99 Å². The average Bonchev–Trinajstić information content (AvgIpc) is 2.52. The number of ether oxygens (including phenoxy) is 3. The van der Waals surface area contributed by atoms with E-state index in [2.05, 4.69) is 25.9 Å². The number of amides is 3. The molecule has 0 saturated heterocycles. The van der Waals surface area contributed by atoms with E-state index in [4.69, 9.17) is 14.2 Å². The van der Waals surface area contributed by atoms with Crippen molar-refractivity contribution >= 4 is 30.1 Å². The molecule has 0 spiro atoms. The number of rotatable bonds is 4. The summed E-state index contributed by atoms with van der Waals surface area (Å²) >= 11 is 0. The molecule has 0 bridgehead atoms. The summed E-state index contributed by atoms with van der Waals surface area (Å²) in [6, 6.07) is 0. The number of aliphatic hydroxyl groups is 1. The van der Waals surface area contributed by atoms with Gasteiger partial charge in [0, 0.05) is 13.1 Å². The zero-order valence-electron chi connectivity index (χ0n) is 21.3. The number of nitrogens with zero attached hydrogens (tertiary/aromatic N) is 2. The number of aliphatic hydroxyl groups excluding tert-OH is 1. The van der Waals surface area contributed by atoms with Crippen LogP contribution in [0.15, 0.2) is 9.98 Å². The van der Waals surface area contributed by atoms with Gasteiger partial charge in [0.05, 0.1) is 6.10 Å². The lowest BCUT2D eigenvalue weighted by atomic mass is 10.2. The van der Waals surface area contributed by atoms with Gasteiger partial charge in [-0.15, -0.1) is 4.99 Å². The molecule has 4 N–H and O–H groups in total. The van der Waals surface area contributed by atoms with E-state index in [1.165, 1.54) is 0 Å². The summed E-state index contributed by atoms with van der Waals surface area (Å²) in [5, 5.41) is 18.0. The monoisotopic (exact) mass is 473 g/mol. The molecule has 0 radical (unpaired) electrons. The maximum absolute atomic E-state index is 12.1. The van der Waals surface area contributed by atoms with Crippen molar-refractivity contribution in [2.24, 2.45) is 9.98 Å². The maximum Gasteiger partial charge on any atom is 0.437 e. The topological polar surface area (TPSA) is 160 Å². The molecule has 0 heterocycles. The summed E-state index contributed by atoms with van der Waals surface area (Å²) in [5.41, 5.74) is -2.23. The number of hydrogen-bond acceptors (Lipinski definition) is 7. The molecule has 12 heteroatoms. The molecule has 190 valence electrons. The lowest BCUT2D eigenvalue weighted by molar-refractivity contribution is 0.0556. The third kappa shape index (κ3) is 18.4. The van der Waals surface area contributed by atoms with Crippen molar-refractivity contribution in [3.05, 3.63) is 0 Å². The minimum absolute atomic E-state index is 0.0112. The normalized spacial score (nSPS) is 14.2. The highest BCUT2D eigenvalue weighted by molar-refractivity contribution is 5.98. The fourth-order valence-electron chi connectivity index (χ4n) is 1.90. The molecule has 0 aliphatic carbocycles. The van der Waals surface area contributed by atoms with Gasteiger partial charge in [-0.25, -0.2) is 14.4 Å². The van der Waals surface area contributed by atoms with Crippen LogP contribution in [0.2, 0.25) is 0 Å². The van der Waals surface area contributed by atoms with Gasteiger partial charge in [0.1, 0.15) is 22.6 Å². The maximum atomic E-state index is 12.1. The zero-order chi connectivity index (χ0) is 26.0. The highest BCUT2D eigenvalue weighted by Gasteiger charge is 2.21. The second-order valence-electron chi connectivity index (χ2n) is 10.2. The van der Waals surface area contributed by atoms with Crippen LogP contribution in [0.5, 0.6) is 0 Å². The number of aliphatic imine (C=N–C) groups is 2. The van der Waals surface area contributed by atoms with E-state index in [-0.39, 0.29) is 24.9 Å². The largest absolute Gasteiger partial charge is 0.444 e. The SMILES string of the molecule is C/C(=N/C(=O)OC(C)(C)C)NCC(O)CN/C(=N/C(=O)OC(C)(C)C)NC(=O)OC(C)(C)C. The van der Waals surface area contributed by atoms with Crippen LogP contribution in [0.4, 0.5) is 14.4 Å². The lowest BCUT2D eigenvalue weighted by Crippen LogP contribution is -2.47. The first-order chi connectivity index (χ1) is 14.8. The smallest absolute Gasteiger partial charge is 0.437 e. The number of nitrogens with one attached hydrogen (secondary N) is 3. The second kappa shape index (κ2) is 12.4. The van der Waals surface area contributed by atoms with Crippen molar-refractivity contribution < 1.29 is 33.7 Å². The summed E-state index contributed by atoms with van der Waals surface area (Å²) in [6.45, 7) is 16.7. The molecular weight excluding hydrogens is 434 g/mol. The van der Waals surface area contributed by atoms with Gasteiger partial charge in [0.15, 0.2) is 0 Å². The number of guanidine groups is 1. The Balaban J connectivity index is 4.99. The molecule has 3 amide bonds. The predicted molar refractivity (Wildman–Crippen MR) is 124 cm³/mol. The Kier molecular flexibility index (Phi) is 11.3. The number of carbonyl (C=O) groups is 3. The number of hydrogen-bond donors (Lipinski definition) is 4. The van der Waals surface area contributed by atoms with Crippen LogP contribution in [-0.4, -0.2) is 71.2 Å². The fraction of sp³-hybridized carbons (Fsp3) is 0.762. The van der Waals surface area contributed by atoms with Crippen molar-refractivity contribution in [2.45, 2.75) is 92.1 Å². The van der Waals surface area contributed by atoms with Crippen LogP contribution in [0.3, 0.4) is 0 Å². The van der Waals surface area contributed by atoms with Crippen molar-refractivity contribution in [3.8, 4) is 0 Å². The molecule has 0 aliphatic rings. The zero-order valence-corrected chi connectivity index (χ0v) is 21.3. The highest BCUT2D eigenvalue weighted by Crippen LogP contribution is 2.09. The predicted octanol–water partition coefficient (Wildman–Crippen LogP) is 2.70. The molecule has 1 atom stereocenters. The van der Waals surface area contributed by atoms with E-state index in [9.17, 15) is 19.5 Å². The van der Waals surface area contributed by atoms with Gasteiger partial charge >= 0.3 is 18.3 Å². The summed E-state index contributed by atoms with van der Waals surface area (Å²) in [6.07, 6.45) is -3.54. The Labute approximate surface area is 195 Å². The Morgan fingerprint density at radius 1 is 0.758 bits per heavy atom. The van der Waals surface area contributed by atoms with Gasteiger partial charge in [-0.3, -0.25) is 5.32 Å². The van der Waals surface area contributed by atoms with Crippen LogP contribution in [0.25, 0.3) is 0 Å². The van der Waals surface area contributed by atoms with Crippen molar-refractivity contribution in [1.29, 1.82) is 0 Å². The van der Waals surface area contributed by atoms with Gasteiger partial charge < -0.3 is 30.0 Å². The molecule has 0 aromatic carbocycles. The lowest BCUT2D eigenvalue weighted by Gasteiger charge is -2.21. The first-order valence-corrected chi connectivity index (χ1v) is 10.5. The van der Waals surface area contributed by atoms with Crippen molar-refractivity contribution in [1.82, 2.24) is 16.0 Å². The molecule has 0 saturated carbocycles. The van der Waals surface area contributed by atoms with E-state index < -0.39 is 41.2 Å². The van der Waals surface area contributed by atoms with Gasteiger partial charge in [-0.05, 0) is 69.2 Å². The van der Waals surface area contributed by atoms with E-state index >= 15 is 0 Å². The first kappa shape index (κ1) is 30.1. The van der Waals surface area contributed by atoms with Gasteiger partial charge in [-0.1, -0.05) is 0 Å². The average molecular weight is 474 g/mol. The van der Waals surface area contributed by atoms with E-state index in [0.29, 0.717) is 0 Å². The minimum atomic E-state index is -1.00. The molecule has 12 nitrogen and oxygen atoms in total. The third-order valence-electron chi connectivity index (χ3n) is 2.97. The highest BCUT2D eigenvalue weighted by atomic mass is 16.6.